The summed E-state index contributed by atoms with van der Waals surface area (Å²) in [5, 5.41) is 11.1. The average molecular weight is 178 g/mol. The summed E-state index contributed by atoms with van der Waals surface area (Å²) in [6.07, 6.45) is 0. The van der Waals surface area contributed by atoms with E-state index in [4.69, 9.17) is 5.21 Å². The number of nitrogens with zero attached hydrogens (tertiary/aromatic N) is 1. The molecule has 2 N–H and O–H groups in total. The van der Waals surface area contributed by atoms with E-state index in [1.165, 1.54) is 6.07 Å². The van der Waals surface area contributed by atoms with Gasteiger partial charge in [0.05, 0.1) is 5.69 Å². The molecule has 0 spiro atoms. The zero-order valence-corrected chi connectivity index (χ0v) is 9.24. The SMILES string of the molecule is O=Nc1ccccc1NO.[H-].[K+]. The molecule has 0 saturated carbocycles. The minimum absolute atomic E-state index is 0. The molecule has 0 heterocycles. The zero-order chi connectivity index (χ0) is 7.40. The number of hydrogen-bond donors (Lipinski definition) is 2. The molecule has 54 valence electrons. The fraction of sp³-hybridized carbons (Fsp3) is 0. The predicted octanol–water partition coefficient (Wildman–Crippen LogP) is -0.998. The van der Waals surface area contributed by atoms with Gasteiger partial charge >= 0.3 is 51.4 Å². The van der Waals surface area contributed by atoms with Crippen LogP contribution < -0.4 is 56.9 Å². The summed E-state index contributed by atoms with van der Waals surface area (Å²) in [6, 6.07) is 6.41. The largest absolute Gasteiger partial charge is 1.00 e. The molecule has 0 aliphatic rings. The molecular formula is C6H7KN2O2. The van der Waals surface area contributed by atoms with Gasteiger partial charge in [-0.15, -0.1) is 4.91 Å². The van der Waals surface area contributed by atoms with Crippen molar-refractivity contribution in [3.63, 3.8) is 0 Å². The zero-order valence-electron chi connectivity index (χ0n) is 7.11. The van der Waals surface area contributed by atoms with E-state index in [1.54, 1.807) is 18.2 Å². The summed E-state index contributed by atoms with van der Waals surface area (Å²) in [5.41, 5.74) is 2.37. The molecule has 0 aliphatic carbocycles. The Morgan fingerprint density at radius 3 is 2.55 bits per heavy atom. The van der Waals surface area contributed by atoms with Crippen molar-refractivity contribution in [2.24, 2.45) is 5.18 Å². The predicted molar refractivity (Wildman–Crippen MR) is 38.4 cm³/mol. The van der Waals surface area contributed by atoms with Crippen molar-refractivity contribution in [3.05, 3.63) is 29.2 Å². The van der Waals surface area contributed by atoms with Crippen molar-refractivity contribution < 1.29 is 58.0 Å². The Bertz CT molecular complexity index is 247. The van der Waals surface area contributed by atoms with Crippen LogP contribution in [0.3, 0.4) is 0 Å². The standard InChI is InChI=1S/C6H6N2O2.K.H/c9-7-5-3-1-2-4-6(5)8-10;;/h1-4,7,9H;;/q;+1;-1. The van der Waals surface area contributed by atoms with Crippen LogP contribution in [0.15, 0.2) is 29.4 Å². The van der Waals surface area contributed by atoms with Crippen LogP contribution in [0.1, 0.15) is 1.43 Å². The second-order valence-corrected chi connectivity index (χ2v) is 1.72. The smallest absolute Gasteiger partial charge is 1.00 e. The van der Waals surface area contributed by atoms with Crippen molar-refractivity contribution in [2.45, 2.75) is 0 Å². The second-order valence-electron chi connectivity index (χ2n) is 1.72. The molecule has 0 amide bonds. The van der Waals surface area contributed by atoms with Crippen molar-refractivity contribution in [1.82, 2.24) is 0 Å². The molecule has 0 saturated heterocycles. The van der Waals surface area contributed by atoms with Gasteiger partial charge < -0.3 is 1.43 Å². The van der Waals surface area contributed by atoms with E-state index in [0.29, 0.717) is 5.69 Å². The Morgan fingerprint density at radius 1 is 1.45 bits per heavy atom. The van der Waals surface area contributed by atoms with Crippen molar-refractivity contribution >= 4 is 11.4 Å². The number of benzene rings is 1. The topological polar surface area (TPSA) is 61.7 Å². The molecule has 0 aromatic heterocycles. The molecule has 5 heteroatoms. The Labute approximate surface area is 108 Å². The van der Waals surface area contributed by atoms with Crippen molar-refractivity contribution in [3.8, 4) is 0 Å². The first-order valence-corrected chi connectivity index (χ1v) is 2.71. The van der Waals surface area contributed by atoms with E-state index in [2.05, 4.69) is 5.18 Å². The van der Waals surface area contributed by atoms with E-state index in [1.807, 2.05) is 5.48 Å². The molecule has 0 fully saturated rings. The van der Waals surface area contributed by atoms with Crippen LogP contribution in [0, 0.1) is 4.91 Å². The maximum absolute atomic E-state index is 9.99. The van der Waals surface area contributed by atoms with Crippen LogP contribution in [0.25, 0.3) is 0 Å². The van der Waals surface area contributed by atoms with E-state index in [9.17, 15) is 4.91 Å². The molecule has 1 rings (SSSR count). The molecule has 11 heavy (non-hydrogen) atoms. The maximum Gasteiger partial charge on any atom is 1.00 e. The molecule has 0 atom stereocenters. The van der Waals surface area contributed by atoms with Crippen LogP contribution in [0.2, 0.25) is 0 Å². The number of rotatable bonds is 2. The van der Waals surface area contributed by atoms with Gasteiger partial charge in [0.2, 0.25) is 0 Å². The normalized spacial score (nSPS) is 8.09. The molecule has 0 unspecified atom stereocenters. The van der Waals surface area contributed by atoms with Crippen molar-refractivity contribution in [2.75, 3.05) is 5.48 Å². The third-order valence-corrected chi connectivity index (χ3v) is 1.12. The first-order chi connectivity index (χ1) is 4.88. The number of anilines is 1. The summed E-state index contributed by atoms with van der Waals surface area (Å²) < 4.78 is 0. The van der Waals surface area contributed by atoms with Crippen LogP contribution in [-0.2, 0) is 0 Å². The number of hydrogen-bond acceptors (Lipinski definition) is 4. The Hall–Kier alpha value is 0.216. The quantitative estimate of drug-likeness (QED) is 0.347. The van der Waals surface area contributed by atoms with E-state index >= 15 is 0 Å². The summed E-state index contributed by atoms with van der Waals surface area (Å²) in [7, 11) is 0. The molecule has 0 aliphatic heterocycles. The molecule has 4 nitrogen and oxygen atoms in total. The Balaban J connectivity index is 0. The fourth-order valence-electron chi connectivity index (χ4n) is 0.648. The summed E-state index contributed by atoms with van der Waals surface area (Å²) in [4.78, 5) is 9.99. The molecule has 0 radical (unpaired) electrons. The van der Waals surface area contributed by atoms with Gasteiger partial charge in [0.15, 0.2) is 0 Å². The Kier molecular flexibility index (Phi) is 5.93. The summed E-state index contributed by atoms with van der Waals surface area (Å²) >= 11 is 0. The van der Waals surface area contributed by atoms with E-state index < -0.39 is 0 Å². The first kappa shape index (κ1) is 11.2. The van der Waals surface area contributed by atoms with Gasteiger partial charge in [-0.1, -0.05) is 12.1 Å². The molecule has 1 aromatic carbocycles. The van der Waals surface area contributed by atoms with Gasteiger partial charge in [0.25, 0.3) is 0 Å². The number of nitroso groups, excluding NO2 is 1. The van der Waals surface area contributed by atoms with Gasteiger partial charge in [0.1, 0.15) is 5.69 Å². The Morgan fingerprint density at radius 2 is 2.09 bits per heavy atom. The molecular weight excluding hydrogens is 171 g/mol. The van der Waals surface area contributed by atoms with Gasteiger partial charge in [-0.2, -0.15) is 0 Å². The van der Waals surface area contributed by atoms with E-state index in [-0.39, 0.29) is 58.5 Å². The van der Waals surface area contributed by atoms with Crippen LogP contribution in [-0.4, -0.2) is 5.21 Å². The minimum Gasteiger partial charge on any atom is -1.00 e. The second kappa shape index (κ2) is 5.81. The third-order valence-electron chi connectivity index (χ3n) is 1.12. The van der Waals surface area contributed by atoms with Crippen LogP contribution in [0.5, 0.6) is 0 Å². The minimum atomic E-state index is 0. The first-order valence-electron chi connectivity index (χ1n) is 2.71. The average Bonchev–Trinajstić information content (AvgIpc) is 2.04. The van der Waals surface area contributed by atoms with Gasteiger partial charge in [-0.05, 0) is 17.3 Å². The van der Waals surface area contributed by atoms with Crippen LogP contribution in [0.4, 0.5) is 11.4 Å². The monoisotopic (exact) mass is 178 g/mol. The van der Waals surface area contributed by atoms with E-state index in [0.717, 1.165) is 0 Å². The summed E-state index contributed by atoms with van der Waals surface area (Å²) in [6.45, 7) is 0. The third kappa shape index (κ3) is 2.98. The van der Waals surface area contributed by atoms with Crippen molar-refractivity contribution in [1.29, 1.82) is 0 Å². The van der Waals surface area contributed by atoms with Gasteiger partial charge in [-0.25, -0.2) is 0 Å². The fourth-order valence-corrected chi connectivity index (χ4v) is 0.648. The van der Waals surface area contributed by atoms with Gasteiger partial charge in [-0.3, -0.25) is 10.7 Å². The maximum atomic E-state index is 9.99. The van der Waals surface area contributed by atoms with Gasteiger partial charge in [0, 0.05) is 0 Å². The number of nitrogens with one attached hydrogen (secondary N) is 1. The number of para-hydroxylation sites is 1. The summed E-state index contributed by atoms with van der Waals surface area (Å²) in [5.74, 6) is 0. The van der Waals surface area contributed by atoms with Crippen LogP contribution >= 0.6 is 0 Å². The molecule has 0 bridgehead atoms. The molecule has 1 aromatic rings.